The number of aliphatic hydroxyl groups excluding tert-OH is 5. The minimum absolute atomic E-state index is 0.0217. The van der Waals surface area contributed by atoms with Crippen LogP contribution in [-0.4, -0.2) is 98.3 Å². The van der Waals surface area contributed by atoms with Crippen molar-refractivity contribution in [1.82, 2.24) is 0 Å². The normalized spacial score (nSPS) is 21.2. The van der Waals surface area contributed by atoms with Crippen LogP contribution in [0.25, 0.3) is 0 Å². The van der Waals surface area contributed by atoms with Gasteiger partial charge in [-0.2, -0.15) is 0 Å². The summed E-state index contributed by atoms with van der Waals surface area (Å²) in [5.74, 6) is -1.16. The van der Waals surface area contributed by atoms with Gasteiger partial charge in [-0.1, -0.05) is 217 Å². The van der Waals surface area contributed by atoms with Crippen LogP contribution in [-0.2, 0) is 32.7 Å². The molecule has 0 aromatic rings. The largest absolute Gasteiger partial charge is 0.472 e. The summed E-state index contributed by atoms with van der Waals surface area (Å²) in [6, 6.07) is 0. The summed E-state index contributed by atoms with van der Waals surface area (Å²) in [5.41, 5.74) is 0. The van der Waals surface area contributed by atoms with Crippen molar-refractivity contribution < 1.29 is 63.1 Å². The Morgan fingerprint density at radius 1 is 0.449 bits per heavy atom. The Labute approximate surface area is 418 Å². The highest BCUT2D eigenvalue weighted by atomic mass is 31.2. The molecule has 0 spiro atoms. The molecular weight excluding hydrogens is 900 g/mol. The number of esters is 2. The Hall–Kier alpha value is -2.19. The summed E-state index contributed by atoms with van der Waals surface area (Å²) < 4.78 is 33.6. The molecule has 0 heterocycles. The first-order chi connectivity index (χ1) is 33.4. The quantitative estimate of drug-likeness (QED) is 0.0145. The molecule has 1 aliphatic rings. The number of ether oxygens (including phenoxy) is 2. The summed E-state index contributed by atoms with van der Waals surface area (Å²) in [6.07, 6.45) is 41.7. The smallest absolute Gasteiger partial charge is 0.462 e. The molecule has 0 radical (unpaired) electrons. The molecule has 8 atom stereocenters. The summed E-state index contributed by atoms with van der Waals surface area (Å²) in [7, 11) is -5.14. The zero-order chi connectivity index (χ0) is 50.6. The fraction of sp³-hybridized carbons (Fsp3) is 0.818. The van der Waals surface area contributed by atoms with Crippen LogP contribution in [0.4, 0.5) is 0 Å². The van der Waals surface area contributed by atoms with Gasteiger partial charge in [-0.25, -0.2) is 4.57 Å². The summed E-state index contributed by atoms with van der Waals surface area (Å²) in [5, 5.41) is 50.3. The van der Waals surface area contributed by atoms with Crippen molar-refractivity contribution in [2.24, 2.45) is 0 Å². The average Bonchev–Trinajstić information content (AvgIpc) is 3.33. The maximum absolute atomic E-state index is 12.9. The van der Waals surface area contributed by atoms with Gasteiger partial charge in [0.1, 0.15) is 43.2 Å². The second-order valence-electron chi connectivity index (χ2n) is 19.1. The van der Waals surface area contributed by atoms with E-state index in [-0.39, 0.29) is 12.8 Å². The lowest BCUT2D eigenvalue weighted by molar-refractivity contribution is -0.220. The molecule has 1 saturated carbocycles. The summed E-state index contributed by atoms with van der Waals surface area (Å²) in [4.78, 5) is 35.9. The zero-order valence-corrected chi connectivity index (χ0v) is 44.0. The third-order valence-corrected chi connectivity index (χ3v) is 13.7. The molecule has 6 unspecified atom stereocenters. The van der Waals surface area contributed by atoms with Crippen molar-refractivity contribution in [3.63, 3.8) is 0 Å². The van der Waals surface area contributed by atoms with Crippen LogP contribution in [0, 0.1) is 0 Å². The van der Waals surface area contributed by atoms with Gasteiger partial charge in [0.2, 0.25) is 0 Å². The molecule has 0 aliphatic heterocycles. The lowest BCUT2D eigenvalue weighted by atomic mass is 9.85. The van der Waals surface area contributed by atoms with Crippen molar-refractivity contribution in [3.8, 4) is 0 Å². The number of hydrogen-bond acceptors (Lipinski definition) is 12. The third-order valence-electron chi connectivity index (χ3n) is 12.7. The van der Waals surface area contributed by atoms with Crippen LogP contribution >= 0.6 is 7.82 Å². The molecular formula is C55H99O13P. The average molecular weight is 999 g/mol. The lowest BCUT2D eigenvalue weighted by Gasteiger charge is -2.41. The van der Waals surface area contributed by atoms with Gasteiger partial charge in [0.15, 0.2) is 6.10 Å². The number of phosphoric acid groups is 1. The fourth-order valence-electron chi connectivity index (χ4n) is 8.28. The van der Waals surface area contributed by atoms with E-state index in [9.17, 15) is 44.6 Å². The molecule has 0 saturated heterocycles. The molecule has 0 aromatic heterocycles. The molecule has 69 heavy (non-hydrogen) atoms. The van der Waals surface area contributed by atoms with Gasteiger partial charge in [-0.3, -0.25) is 18.6 Å². The number of unbranched alkanes of at least 4 members (excludes halogenated alkanes) is 26. The monoisotopic (exact) mass is 999 g/mol. The van der Waals surface area contributed by atoms with Gasteiger partial charge < -0.3 is 39.9 Å². The van der Waals surface area contributed by atoms with Crippen molar-refractivity contribution in [3.05, 3.63) is 48.6 Å². The van der Waals surface area contributed by atoms with E-state index in [2.05, 4.69) is 50.3 Å². The van der Waals surface area contributed by atoms with E-state index in [0.717, 1.165) is 44.9 Å². The molecule has 0 aromatic carbocycles. The van der Waals surface area contributed by atoms with Crippen LogP contribution in [0.1, 0.15) is 232 Å². The Balaban J connectivity index is 2.37. The number of rotatable bonds is 46. The maximum atomic E-state index is 12.9. The van der Waals surface area contributed by atoms with Crippen molar-refractivity contribution >= 4 is 19.8 Å². The van der Waals surface area contributed by atoms with E-state index in [0.29, 0.717) is 19.3 Å². The van der Waals surface area contributed by atoms with E-state index in [1.165, 1.54) is 141 Å². The van der Waals surface area contributed by atoms with Crippen LogP contribution in [0.3, 0.4) is 0 Å². The first-order valence-electron chi connectivity index (χ1n) is 27.4. The third kappa shape index (κ3) is 36.4. The van der Waals surface area contributed by atoms with Crippen molar-refractivity contribution in [2.75, 3.05) is 13.2 Å². The Bertz CT molecular complexity index is 1390. The highest BCUT2D eigenvalue weighted by molar-refractivity contribution is 7.47. The van der Waals surface area contributed by atoms with Gasteiger partial charge in [-0.15, -0.1) is 0 Å². The minimum atomic E-state index is -5.14. The number of aliphatic hydroxyl groups is 5. The number of allylic oxidation sites excluding steroid dienone is 8. The highest BCUT2D eigenvalue weighted by Gasteiger charge is 2.51. The topological polar surface area (TPSA) is 210 Å². The van der Waals surface area contributed by atoms with Crippen LogP contribution in [0.5, 0.6) is 0 Å². The fourth-order valence-corrected chi connectivity index (χ4v) is 9.25. The molecule has 6 N–H and O–H groups in total. The maximum Gasteiger partial charge on any atom is 0.472 e. The minimum Gasteiger partial charge on any atom is -0.462 e. The molecule has 1 rings (SSSR count). The lowest BCUT2D eigenvalue weighted by Crippen LogP contribution is -2.64. The first kappa shape index (κ1) is 64.8. The van der Waals surface area contributed by atoms with Crippen molar-refractivity contribution in [1.29, 1.82) is 0 Å². The number of carbonyl (C=O) groups is 2. The molecule has 14 heteroatoms. The van der Waals surface area contributed by atoms with Gasteiger partial charge in [0, 0.05) is 12.8 Å². The first-order valence-corrected chi connectivity index (χ1v) is 28.9. The van der Waals surface area contributed by atoms with Gasteiger partial charge in [0.25, 0.3) is 0 Å². The zero-order valence-electron chi connectivity index (χ0n) is 43.1. The van der Waals surface area contributed by atoms with E-state index in [4.69, 9.17) is 18.5 Å². The molecule has 0 bridgehead atoms. The van der Waals surface area contributed by atoms with Crippen molar-refractivity contribution in [2.45, 2.75) is 275 Å². The Morgan fingerprint density at radius 3 is 1.23 bits per heavy atom. The molecule has 0 amide bonds. The standard InChI is InChI=1S/C55H99O13P/c1-3-5-7-9-11-13-15-17-19-21-22-23-24-25-26-28-29-31-33-35-37-39-41-43-48(56)65-45-47(46-66-69(63,64)68-55-53(61)51(59)50(58)52(60)54(55)62)67-49(57)44-42-40-38-36-34-32-30-27-20-18-16-14-12-10-8-6-4-2/h12,14,18,20,30,32,36,38,47,50-55,58-62H,3-11,13,15-17,19,21-29,31,33-35,37,39-46H2,1-2H3,(H,63,64)/b14-12+,20-18+,32-30+,38-36+/t47-,50?,51-,52?,53?,54?,55?/m0/s1. The van der Waals surface area contributed by atoms with E-state index >= 15 is 0 Å². The molecule has 402 valence electrons. The van der Waals surface area contributed by atoms with Crippen LogP contribution < -0.4 is 0 Å². The van der Waals surface area contributed by atoms with Crippen LogP contribution in [0.2, 0.25) is 0 Å². The number of phosphoric ester groups is 1. The summed E-state index contributed by atoms with van der Waals surface area (Å²) in [6.45, 7) is 3.27. The van der Waals surface area contributed by atoms with Gasteiger partial charge >= 0.3 is 19.8 Å². The number of carbonyl (C=O) groups excluding carboxylic acids is 2. The highest BCUT2D eigenvalue weighted by Crippen LogP contribution is 2.47. The predicted molar refractivity (Wildman–Crippen MR) is 276 cm³/mol. The SMILES string of the molecule is CCCCC/C=C/C/C=C/C/C=C/C/C=C/CCCC(=O)O[C@@H](COC(=O)CCCCCCCCCCCCCCCCCCCCCCCCC)COP(=O)(O)OC1C(O)C(O)C(O)[C@H](O)C1O. The second-order valence-corrected chi connectivity index (χ2v) is 20.5. The number of hydrogen-bond donors (Lipinski definition) is 6. The van der Waals surface area contributed by atoms with E-state index in [1.807, 2.05) is 12.2 Å². The van der Waals surface area contributed by atoms with E-state index < -0.39 is 75.7 Å². The molecule has 1 fully saturated rings. The van der Waals surface area contributed by atoms with Gasteiger partial charge in [0.05, 0.1) is 6.61 Å². The molecule has 1 aliphatic carbocycles. The van der Waals surface area contributed by atoms with Gasteiger partial charge in [-0.05, 0) is 51.4 Å². The van der Waals surface area contributed by atoms with Crippen LogP contribution in [0.15, 0.2) is 48.6 Å². The molecule has 13 nitrogen and oxygen atoms in total. The summed E-state index contributed by atoms with van der Waals surface area (Å²) >= 11 is 0. The van der Waals surface area contributed by atoms with E-state index in [1.54, 1.807) is 0 Å². The second kappa shape index (κ2) is 44.5. The Morgan fingerprint density at radius 2 is 0.797 bits per heavy atom. The Kier molecular flexibility index (Phi) is 41.8. The predicted octanol–water partition coefficient (Wildman–Crippen LogP) is 12.3.